The van der Waals surface area contributed by atoms with Gasteiger partial charge < -0.3 is 5.32 Å². The Morgan fingerprint density at radius 2 is 1.83 bits per heavy atom. The van der Waals surface area contributed by atoms with E-state index in [1.54, 1.807) is 12.4 Å². The molecule has 0 saturated heterocycles. The molecule has 2 heterocycles. The third-order valence-electron chi connectivity index (χ3n) is 2.48. The summed E-state index contributed by atoms with van der Waals surface area (Å²) in [6.45, 7) is 0. The monoisotopic (exact) mass is 256 g/mol. The number of hydrogen-bond donors (Lipinski definition) is 1. The van der Waals surface area contributed by atoms with Gasteiger partial charge in [-0.05, 0) is 18.2 Å². The highest BCUT2D eigenvalue weighted by Crippen LogP contribution is 2.20. The van der Waals surface area contributed by atoms with Crippen molar-refractivity contribution in [3.63, 3.8) is 0 Å². The zero-order valence-corrected chi connectivity index (χ0v) is 10.1. The topological polar surface area (TPSA) is 50.7 Å². The van der Waals surface area contributed by atoms with Crippen LogP contribution in [0.25, 0.3) is 10.9 Å². The summed E-state index contributed by atoms with van der Waals surface area (Å²) < 4.78 is 0. The third-order valence-corrected chi connectivity index (χ3v) is 2.76. The summed E-state index contributed by atoms with van der Waals surface area (Å²) in [7, 11) is 0. The minimum atomic E-state index is 0.381. The minimum absolute atomic E-state index is 0.381. The molecule has 0 aliphatic heterocycles. The number of nitrogens with one attached hydrogen (secondary N) is 1. The van der Waals surface area contributed by atoms with Crippen molar-refractivity contribution in [1.82, 2.24) is 15.0 Å². The van der Waals surface area contributed by atoms with E-state index < -0.39 is 0 Å². The highest BCUT2D eigenvalue weighted by atomic mass is 35.5. The van der Waals surface area contributed by atoms with Gasteiger partial charge in [0.2, 0.25) is 5.95 Å². The van der Waals surface area contributed by atoms with Crippen molar-refractivity contribution < 1.29 is 0 Å². The average molecular weight is 257 g/mol. The summed E-state index contributed by atoms with van der Waals surface area (Å²) in [5.41, 5.74) is 1.57. The Kier molecular flexibility index (Phi) is 2.78. The molecule has 18 heavy (non-hydrogen) atoms. The molecular formula is C13H9ClN4. The number of fused-ring (bicyclic) bond motifs is 1. The molecule has 3 rings (SSSR count). The smallest absolute Gasteiger partial charge is 0.227 e. The molecule has 1 aromatic carbocycles. The molecule has 5 heteroatoms. The number of anilines is 2. The second-order valence-corrected chi connectivity index (χ2v) is 4.08. The number of para-hydroxylation sites is 1. The quantitative estimate of drug-likeness (QED) is 0.714. The van der Waals surface area contributed by atoms with Crippen molar-refractivity contribution >= 4 is 34.1 Å². The Morgan fingerprint density at radius 3 is 2.67 bits per heavy atom. The van der Waals surface area contributed by atoms with Crippen LogP contribution in [0.4, 0.5) is 11.6 Å². The number of rotatable bonds is 2. The van der Waals surface area contributed by atoms with Gasteiger partial charge in [-0.15, -0.1) is 0 Å². The highest BCUT2D eigenvalue weighted by molar-refractivity contribution is 6.33. The van der Waals surface area contributed by atoms with Crippen molar-refractivity contribution in [2.75, 3.05) is 5.32 Å². The second-order valence-electron chi connectivity index (χ2n) is 3.72. The molecule has 0 aliphatic carbocycles. The van der Waals surface area contributed by atoms with Gasteiger partial charge in [0.25, 0.3) is 0 Å². The van der Waals surface area contributed by atoms with Crippen molar-refractivity contribution in [2.24, 2.45) is 0 Å². The summed E-state index contributed by atoms with van der Waals surface area (Å²) in [5, 5.41) is 4.36. The highest BCUT2D eigenvalue weighted by Gasteiger charge is 2.04. The Labute approximate surface area is 109 Å². The zero-order chi connectivity index (χ0) is 12.4. The van der Waals surface area contributed by atoms with E-state index in [1.807, 2.05) is 36.4 Å². The molecule has 0 bridgehead atoms. The van der Waals surface area contributed by atoms with Gasteiger partial charge in [0.1, 0.15) is 5.52 Å². The molecular weight excluding hydrogens is 248 g/mol. The molecule has 0 aliphatic rings. The second kappa shape index (κ2) is 4.58. The van der Waals surface area contributed by atoms with Crippen molar-refractivity contribution in [3.05, 3.63) is 53.9 Å². The van der Waals surface area contributed by atoms with Gasteiger partial charge in [0.15, 0.2) is 5.15 Å². The maximum atomic E-state index is 6.00. The maximum Gasteiger partial charge on any atom is 0.227 e. The lowest BCUT2D eigenvalue weighted by molar-refractivity contribution is 1.20. The van der Waals surface area contributed by atoms with Crippen LogP contribution in [0.1, 0.15) is 0 Å². The molecule has 88 valence electrons. The van der Waals surface area contributed by atoms with Crippen LogP contribution < -0.4 is 5.32 Å². The van der Waals surface area contributed by atoms with Crippen LogP contribution >= 0.6 is 11.6 Å². The number of benzene rings is 1. The molecule has 4 nitrogen and oxygen atoms in total. The van der Waals surface area contributed by atoms with E-state index in [9.17, 15) is 0 Å². The Hall–Kier alpha value is -2.20. The number of halogens is 1. The van der Waals surface area contributed by atoms with Gasteiger partial charge in [-0.2, -0.15) is 0 Å². The van der Waals surface area contributed by atoms with Gasteiger partial charge >= 0.3 is 0 Å². The molecule has 0 atom stereocenters. The largest absolute Gasteiger partial charge is 0.324 e. The standard InChI is InChI=1S/C13H9ClN4/c14-12-11-9(6-7-15-12)8-16-13(18-11)17-10-4-2-1-3-5-10/h1-8H,(H,16,17,18). The number of pyridine rings is 1. The van der Waals surface area contributed by atoms with Crippen molar-refractivity contribution in [1.29, 1.82) is 0 Å². The van der Waals surface area contributed by atoms with Crippen LogP contribution in [-0.4, -0.2) is 15.0 Å². The van der Waals surface area contributed by atoms with E-state index in [0.29, 0.717) is 16.6 Å². The van der Waals surface area contributed by atoms with Crippen molar-refractivity contribution in [3.8, 4) is 0 Å². The molecule has 0 radical (unpaired) electrons. The summed E-state index contributed by atoms with van der Waals surface area (Å²) in [6.07, 6.45) is 3.36. The van der Waals surface area contributed by atoms with Crippen LogP contribution in [0.2, 0.25) is 5.15 Å². The predicted octanol–water partition coefficient (Wildman–Crippen LogP) is 3.42. The molecule has 0 unspecified atom stereocenters. The van der Waals surface area contributed by atoms with E-state index in [-0.39, 0.29) is 0 Å². The Morgan fingerprint density at radius 1 is 1.00 bits per heavy atom. The lowest BCUT2D eigenvalue weighted by Gasteiger charge is -2.05. The zero-order valence-electron chi connectivity index (χ0n) is 9.34. The van der Waals surface area contributed by atoms with E-state index in [2.05, 4.69) is 20.3 Å². The van der Waals surface area contributed by atoms with E-state index in [1.165, 1.54) is 0 Å². The molecule has 1 N–H and O–H groups in total. The lowest BCUT2D eigenvalue weighted by Crippen LogP contribution is -1.97. The molecule has 0 saturated carbocycles. The van der Waals surface area contributed by atoms with Crippen LogP contribution in [0, 0.1) is 0 Å². The molecule has 0 spiro atoms. The molecule has 3 aromatic rings. The fourth-order valence-electron chi connectivity index (χ4n) is 1.63. The van der Waals surface area contributed by atoms with Gasteiger partial charge in [-0.1, -0.05) is 29.8 Å². The molecule has 0 amide bonds. The SMILES string of the molecule is Clc1nccc2cnc(Nc3ccccc3)nc12. The average Bonchev–Trinajstić information content (AvgIpc) is 2.41. The summed E-state index contributed by atoms with van der Waals surface area (Å²) >= 11 is 6.00. The first-order valence-corrected chi connectivity index (χ1v) is 5.80. The molecule has 2 aromatic heterocycles. The van der Waals surface area contributed by atoms with Crippen LogP contribution in [0.15, 0.2) is 48.8 Å². The van der Waals surface area contributed by atoms with Crippen molar-refractivity contribution in [2.45, 2.75) is 0 Å². The first kappa shape index (κ1) is 10.9. The Bertz CT molecular complexity index is 685. The third kappa shape index (κ3) is 2.10. The summed E-state index contributed by atoms with van der Waals surface area (Å²) in [6, 6.07) is 11.5. The van der Waals surface area contributed by atoms with E-state index in [4.69, 9.17) is 11.6 Å². The van der Waals surface area contributed by atoms with Crippen LogP contribution in [0.5, 0.6) is 0 Å². The van der Waals surface area contributed by atoms with E-state index in [0.717, 1.165) is 11.1 Å². The lowest BCUT2D eigenvalue weighted by atomic mass is 10.3. The van der Waals surface area contributed by atoms with Gasteiger partial charge in [-0.25, -0.2) is 15.0 Å². The number of aromatic nitrogens is 3. The summed E-state index contributed by atoms with van der Waals surface area (Å²) in [5.74, 6) is 0.503. The van der Waals surface area contributed by atoms with Crippen LogP contribution in [-0.2, 0) is 0 Å². The first-order chi connectivity index (χ1) is 8.83. The first-order valence-electron chi connectivity index (χ1n) is 5.42. The maximum absolute atomic E-state index is 6.00. The summed E-state index contributed by atoms with van der Waals surface area (Å²) in [4.78, 5) is 12.6. The number of nitrogens with zero attached hydrogens (tertiary/aromatic N) is 3. The fourth-order valence-corrected chi connectivity index (χ4v) is 1.84. The predicted molar refractivity (Wildman–Crippen MR) is 72.1 cm³/mol. The van der Waals surface area contributed by atoms with Gasteiger partial charge in [0, 0.05) is 23.5 Å². The normalized spacial score (nSPS) is 10.5. The van der Waals surface area contributed by atoms with Gasteiger partial charge in [0.05, 0.1) is 0 Å². The number of hydrogen-bond acceptors (Lipinski definition) is 4. The minimum Gasteiger partial charge on any atom is -0.324 e. The fraction of sp³-hybridized carbons (Fsp3) is 0. The molecule has 0 fully saturated rings. The Balaban J connectivity index is 2.01. The van der Waals surface area contributed by atoms with Crippen LogP contribution in [0.3, 0.4) is 0 Å². The van der Waals surface area contributed by atoms with E-state index >= 15 is 0 Å². The van der Waals surface area contributed by atoms with Gasteiger partial charge in [-0.3, -0.25) is 0 Å².